The van der Waals surface area contributed by atoms with Gasteiger partial charge in [-0.2, -0.15) is 0 Å². The van der Waals surface area contributed by atoms with Gasteiger partial charge in [0.25, 0.3) is 5.91 Å². The molecule has 8 nitrogen and oxygen atoms in total. The Hall–Kier alpha value is -3.55. The number of hydrogen-bond acceptors (Lipinski definition) is 5. The highest BCUT2D eigenvalue weighted by Gasteiger charge is 2.26. The van der Waals surface area contributed by atoms with Gasteiger partial charge < -0.3 is 14.4 Å². The summed E-state index contributed by atoms with van der Waals surface area (Å²) in [5.41, 5.74) is 0.931. The van der Waals surface area contributed by atoms with Crippen molar-refractivity contribution in [3.8, 4) is 17.2 Å². The van der Waals surface area contributed by atoms with Gasteiger partial charge in [0.1, 0.15) is 18.0 Å². The van der Waals surface area contributed by atoms with Crippen LogP contribution in [0.2, 0.25) is 0 Å². The van der Waals surface area contributed by atoms with E-state index >= 15 is 0 Å². The van der Waals surface area contributed by atoms with Crippen LogP contribution in [0.25, 0.3) is 5.69 Å². The molecular formula is C19H20N3O5+. The first kappa shape index (κ1) is 18.2. The molecule has 1 aromatic heterocycles. The summed E-state index contributed by atoms with van der Waals surface area (Å²) < 4.78 is 16.7. The van der Waals surface area contributed by atoms with Crippen LogP contribution in [-0.4, -0.2) is 37.3 Å². The Bertz CT molecular complexity index is 974. The van der Waals surface area contributed by atoms with Gasteiger partial charge in [-0.05, 0) is 46.4 Å². The van der Waals surface area contributed by atoms with Crippen molar-refractivity contribution in [1.82, 2.24) is 10.2 Å². The third kappa shape index (κ3) is 3.84. The molecule has 0 bridgehead atoms. The first-order valence-corrected chi connectivity index (χ1v) is 8.20. The number of amides is 1. The fourth-order valence-electron chi connectivity index (χ4n) is 2.62. The number of hydrogen-bond donors (Lipinski definition) is 1. The molecule has 1 N–H and O–H groups in total. The van der Waals surface area contributed by atoms with E-state index in [-0.39, 0.29) is 12.5 Å². The molecule has 8 heteroatoms. The normalized spacial score (nSPS) is 10.5. The third-order valence-corrected chi connectivity index (χ3v) is 4.14. The standard InChI is InChI=1S/C19H19N3O5/c1-21(18(23)13-4-8-15(25-2)9-5-13)12-17-19(24)27-20-22(17)14-6-10-16(26-3)11-7-14/h4-11H,12H2,1-3H3/p+1. The Labute approximate surface area is 155 Å². The highest BCUT2D eigenvalue weighted by atomic mass is 16.5. The monoisotopic (exact) mass is 370 g/mol. The lowest BCUT2D eigenvalue weighted by Crippen LogP contribution is -2.42. The summed E-state index contributed by atoms with van der Waals surface area (Å²) in [7, 11) is 4.76. The molecule has 27 heavy (non-hydrogen) atoms. The van der Waals surface area contributed by atoms with Gasteiger partial charge in [-0.1, -0.05) is 0 Å². The lowest BCUT2D eigenvalue weighted by molar-refractivity contribution is -0.678. The molecule has 0 aliphatic heterocycles. The molecule has 0 atom stereocenters. The smallest absolute Gasteiger partial charge is 0.432 e. The second-order valence-electron chi connectivity index (χ2n) is 5.85. The van der Waals surface area contributed by atoms with Crippen LogP contribution in [0.3, 0.4) is 0 Å². The van der Waals surface area contributed by atoms with Crippen molar-refractivity contribution < 1.29 is 23.5 Å². The van der Waals surface area contributed by atoms with Gasteiger partial charge >= 0.3 is 11.3 Å². The second-order valence-corrected chi connectivity index (χ2v) is 5.85. The lowest BCUT2D eigenvalue weighted by Gasteiger charge is -2.14. The predicted molar refractivity (Wildman–Crippen MR) is 96.2 cm³/mol. The molecule has 0 aliphatic rings. The van der Waals surface area contributed by atoms with Crippen LogP contribution >= 0.6 is 0 Å². The first-order chi connectivity index (χ1) is 13.0. The lowest BCUT2D eigenvalue weighted by atomic mass is 10.2. The topological polar surface area (TPSA) is 88.6 Å². The maximum atomic E-state index is 12.6. The number of ether oxygens (including phenoxy) is 2. The van der Waals surface area contributed by atoms with Crippen LogP contribution in [-0.2, 0) is 6.54 Å². The average molecular weight is 370 g/mol. The summed E-state index contributed by atoms with van der Waals surface area (Å²) in [4.78, 5) is 26.2. The Morgan fingerprint density at radius 1 is 1.04 bits per heavy atom. The van der Waals surface area contributed by atoms with Gasteiger partial charge in [0.15, 0.2) is 0 Å². The molecule has 140 valence electrons. The van der Waals surface area contributed by atoms with Gasteiger partial charge in [-0.15, -0.1) is 0 Å². The number of benzene rings is 2. The highest BCUT2D eigenvalue weighted by Crippen LogP contribution is 2.14. The second kappa shape index (κ2) is 7.77. The van der Waals surface area contributed by atoms with E-state index in [0.717, 1.165) is 0 Å². The molecule has 2 aromatic carbocycles. The van der Waals surface area contributed by atoms with Gasteiger partial charge in [-0.25, -0.2) is 4.79 Å². The number of rotatable bonds is 6. The number of carbonyl (C=O) groups is 1. The van der Waals surface area contributed by atoms with E-state index in [1.807, 2.05) is 0 Å². The number of nitrogens with zero attached hydrogens (tertiary/aromatic N) is 2. The summed E-state index contributed by atoms with van der Waals surface area (Å²) in [6.45, 7) is 0.0721. The fourth-order valence-corrected chi connectivity index (χ4v) is 2.62. The SMILES string of the molecule is COc1ccc(C(=O)N(C)Cc2c(=O)o[nH][n+]2-c2ccc(OC)cc2)cc1. The zero-order valence-electron chi connectivity index (χ0n) is 15.3. The molecule has 0 saturated carbocycles. The zero-order chi connectivity index (χ0) is 19.4. The Balaban J connectivity index is 1.83. The van der Waals surface area contributed by atoms with Crippen LogP contribution in [0, 0.1) is 0 Å². The first-order valence-electron chi connectivity index (χ1n) is 8.20. The highest BCUT2D eigenvalue weighted by molar-refractivity contribution is 5.94. The quantitative estimate of drug-likeness (QED) is 0.665. The molecule has 3 rings (SSSR count). The van der Waals surface area contributed by atoms with Gasteiger partial charge in [0.05, 0.1) is 14.2 Å². The van der Waals surface area contributed by atoms with E-state index in [0.29, 0.717) is 28.4 Å². The largest absolute Gasteiger partial charge is 0.497 e. The van der Waals surface area contributed by atoms with Crippen molar-refractivity contribution >= 4 is 5.91 Å². The molecule has 1 amide bonds. The number of aromatic nitrogens is 2. The maximum Gasteiger partial charge on any atom is 0.432 e. The van der Waals surface area contributed by atoms with Crippen LogP contribution < -0.4 is 19.8 Å². The number of aromatic amines is 1. The van der Waals surface area contributed by atoms with Crippen molar-refractivity contribution in [3.63, 3.8) is 0 Å². The Kier molecular flexibility index (Phi) is 5.25. The number of H-pyrrole nitrogens is 1. The predicted octanol–water partition coefficient (Wildman–Crippen LogP) is 1.53. The molecule has 3 aromatic rings. The minimum absolute atomic E-state index is 0.0721. The minimum Gasteiger partial charge on any atom is -0.497 e. The van der Waals surface area contributed by atoms with Crippen molar-refractivity contribution in [2.45, 2.75) is 6.54 Å². The van der Waals surface area contributed by atoms with E-state index in [2.05, 4.69) is 5.27 Å². The summed E-state index contributed by atoms with van der Waals surface area (Å²) in [5, 5.41) is 2.56. The Morgan fingerprint density at radius 3 is 2.15 bits per heavy atom. The maximum absolute atomic E-state index is 12.6. The van der Waals surface area contributed by atoms with Crippen LogP contribution in [0.4, 0.5) is 0 Å². The summed E-state index contributed by atoms with van der Waals surface area (Å²) in [6, 6.07) is 13.9. The molecular weight excluding hydrogens is 350 g/mol. The van der Waals surface area contributed by atoms with Gasteiger partial charge in [0, 0.05) is 24.7 Å². The van der Waals surface area contributed by atoms with Crippen molar-refractivity contribution in [2.24, 2.45) is 0 Å². The minimum atomic E-state index is -0.541. The number of nitrogens with one attached hydrogen (secondary N) is 1. The van der Waals surface area contributed by atoms with E-state index in [9.17, 15) is 9.59 Å². The van der Waals surface area contributed by atoms with Crippen molar-refractivity contribution in [1.29, 1.82) is 0 Å². The van der Waals surface area contributed by atoms with Gasteiger partial charge in [-0.3, -0.25) is 9.32 Å². The summed E-state index contributed by atoms with van der Waals surface area (Å²) >= 11 is 0. The van der Waals surface area contributed by atoms with Crippen molar-refractivity contribution in [3.05, 3.63) is 70.2 Å². The van der Waals surface area contributed by atoms with E-state index < -0.39 is 5.63 Å². The number of carbonyl (C=O) groups excluding carboxylic acids is 1. The molecule has 0 saturated heterocycles. The Morgan fingerprint density at radius 2 is 1.59 bits per heavy atom. The van der Waals surface area contributed by atoms with E-state index in [4.69, 9.17) is 14.0 Å². The average Bonchev–Trinajstić information content (AvgIpc) is 3.07. The number of methoxy groups -OCH3 is 2. The van der Waals surface area contributed by atoms with E-state index in [1.54, 1.807) is 69.8 Å². The molecule has 0 radical (unpaired) electrons. The fraction of sp³-hybridized carbons (Fsp3) is 0.211. The van der Waals surface area contributed by atoms with E-state index in [1.165, 1.54) is 9.58 Å². The third-order valence-electron chi connectivity index (χ3n) is 4.14. The molecule has 1 heterocycles. The summed E-state index contributed by atoms with van der Waals surface area (Å²) in [5.74, 6) is 1.14. The molecule has 0 aliphatic carbocycles. The summed E-state index contributed by atoms with van der Waals surface area (Å²) in [6.07, 6.45) is 0. The van der Waals surface area contributed by atoms with Crippen LogP contribution in [0.15, 0.2) is 57.8 Å². The molecule has 0 unspecified atom stereocenters. The van der Waals surface area contributed by atoms with Crippen molar-refractivity contribution in [2.75, 3.05) is 21.3 Å². The van der Waals surface area contributed by atoms with Gasteiger partial charge in [0.2, 0.25) is 5.69 Å². The van der Waals surface area contributed by atoms with Crippen LogP contribution in [0.5, 0.6) is 11.5 Å². The molecule has 0 fully saturated rings. The molecule has 0 spiro atoms. The zero-order valence-corrected chi connectivity index (χ0v) is 15.3. The van der Waals surface area contributed by atoms with Crippen LogP contribution in [0.1, 0.15) is 16.1 Å².